The molecule has 1 aliphatic carbocycles. The van der Waals surface area contributed by atoms with Gasteiger partial charge in [0.25, 0.3) is 11.8 Å². The van der Waals surface area contributed by atoms with Gasteiger partial charge < -0.3 is 48.9 Å². The maximum Gasteiger partial charge on any atom is 0.416 e. The Morgan fingerprint density at radius 1 is 0.650 bits per heavy atom. The zero-order valence-corrected chi connectivity index (χ0v) is 58.0. The molecule has 100 heavy (non-hydrogen) atoms. The van der Waals surface area contributed by atoms with E-state index in [9.17, 15) is 54.7 Å². The Morgan fingerprint density at radius 2 is 1.27 bits per heavy atom. The van der Waals surface area contributed by atoms with Crippen molar-refractivity contribution < 1.29 is 68.9 Å². The van der Waals surface area contributed by atoms with Crippen molar-refractivity contribution in [2.75, 3.05) is 112 Å². The van der Waals surface area contributed by atoms with Crippen LogP contribution < -0.4 is 5.32 Å². The normalized spacial score (nSPS) is 17.8. The summed E-state index contributed by atoms with van der Waals surface area (Å²) in [6.45, 7) is 8.73. The minimum atomic E-state index is -5.09. The maximum absolute atomic E-state index is 13.9. The van der Waals surface area contributed by atoms with Gasteiger partial charge in [0.15, 0.2) is 0 Å². The molecule has 0 unspecified atom stereocenters. The molecule has 15 nitrogen and oxygen atoms in total. The fourth-order valence-electron chi connectivity index (χ4n) is 14.2. The van der Waals surface area contributed by atoms with Crippen LogP contribution in [0.4, 0.5) is 36.4 Å². The van der Waals surface area contributed by atoms with Crippen molar-refractivity contribution in [1.82, 2.24) is 29.4 Å². The Balaban J connectivity index is 0.000000236. The lowest BCUT2D eigenvalue weighted by molar-refractivity contribution is -0.150. The number of ether oxygens (including phenoxy) is 3. The zero-order chi connectivity index (χ0) is 71.6. The molecule has 3 aliphatic heterocycles. The number of hydrogen-bond donors (Lipinski definition) is 1. The minimum Gasteiger partial charge on any atom is -0.462 e. The fourth-order valence-corrected chi connectivity index (χ4v) is 14.2. The average Bonchev–Trinajstić information content (AvgIpc) is 1.58. The third-order valence-corrected chi connectivity index (χ3v) is 20.2. The number of nitrogens with zero attached hydrogens (tertiary/aromatic N) is 6. The lowest BCUT2D eigenvalue weighted by atomic mass is 9.72. The number of methoxy groups -OCH3 is 1. The van der Waals surface area contributed by atoms with E-state index in [4.69, 9.17) is 14.2 Å². The molecule has 3 saturated heterocycles. The second-order valence-corrected chi connectivity index (χ2v) is 26.9. The van der Waals surface area contributed by atoms with Crippen LogP contribution in [0.15, 0.2) is 146 Å². The fraction of sp³-hybridized carbons (Fsp3) is 0.474. The molecule has 3 heterocycles. The molecule has 1 N–H and O–H groups in total. The van der Waals surface area contributed by atoms with E-state index < -0.39 is 46.4 Å². The molecule has 6 aromatic rings. The Kier molecular flexibility index (Phi) is 26.6. The van der Waals surface area contributed by atoms with Crippen LogP contribution in [0.1, 0.15) is 138 Å². The first kappa shape index (κ1) is 76.0. The molecule has 1 spiro atoms. The van der Waals surface area contributed by atoms with Gasteiger partial charge in [-0.2, -0.15) is 26.3 Å². The van der Waals surface area contributed by atoms with Crippen LogP contribution in [0.2, 0.25) is 0 Å². The van der Waals surface area contributed by atoms with Crippen LogP contribution in [-0.4, -0.2) is 178 Å². The van der Waals surface area contributed by atoms with Gasteiger partial charge in [-0.25, -0.2) is 4.39 Å². The third-order valence-electron chi connectivity index (χ3n) is 20.2. The van der Waals surface area contributed by atoms with Crippen LogP contribution in [-0.2, 0) is 64.8 Å². The molecule has 4 amide bonds. The number of carbonyl (C=O) groups is 5. The number of benzene rings is 6. The molecule has 2 atom stereocenters. The van der Waals surface area contributed by atoms with Gasteiger partial charge in [-0.15, -0.1) is 0 Å². The molecule has 0 radical (unpaired) electrons. The highest BCUT2D eigenvalue weighted by Gasteiger charge is 2.50. The number of unbranched alkanes of at least 4 members (excludes halogenated alkanes) is 3. The molecule has 0 aromatic heterocycles. The van der Waals surface area contributed by atoms with Crippen molar-refractivity contribution in [2.24, 2.45) is 0 Å². The van der Waals surface area contributed by atoms with Gasteiger partial charge in [0.05, 0.1) is 30.2 Å². The molecule has 10 rings (SSSR count). The zero-order valence-electron chi connectivity index (χ0n) is 58.0. The number of fused-ring (bicyclic) bond motifs is 2. The average molecular weight is 1390 g/mol. The number of anilines is 1. The number of amides is 4. The van der Waals surface area contributed by atoms with Crippen molar-refractivity contribution >= 4 is 35.3 Å². The number of likely N-dealkylation sites (N-methyl/N-ethyl adjacent to an activating group) is 1. The summed E-state index contributed by atoms with van der Waals surface area (Å²) >= 11 is 0. The summed E-state index contributed by atoms with van der Waals surface area (Å²) < 4.78 is 113. The summed E-state index contributed by atoms with van der Waals surface area (Å²) in [6, 6.07) is 40.5. The first-order valence-electron chi connectivity index (χ1n) is 34.8. The van der Waals surface area contributed by atoms with Crippen molar-refractivity contribution in [3.8, 4) is 11.1 Å². The second-order valence-electron chi connectivity index (χ2n) is 26.9. The van der Waals surface area contributed by atoms with E-state index in [2.05, 4.69) is 45.4 Å². The second kappa shape index (κ2) is 34.9. The monoisotopic (exact) mass is 1390 g/mol. The number of rotatable bonds is 27. The Hall–Kier alpha value is -8.18. The summed E-state index contributed by atoms with van der Waals surface area (Å²) in [4.78, 5) is 74.5. The molecule has 22 heteroatoms. The molecule has 3 fully saturated rings. The van der Waals surface area contributed by atoms with Crippen LogP contribution in [0.5, 0.6) is 0 Å². The van der Waals surface area contributed by atoms with Crippen molar-refractivity contribution in [1.29, 1.82) is 0 Å². The molecular formula is C78H94F7N7O8. The maximum atomic E-state index is 13.9. The van der Waals surface area contributed by atoms with E-state index in [1.165, 1.54) is 35.4 Å². The largest absolute Gasteiger partial charge is 0.462 e. The quantitative estimate of drug-likeness (QED) is 0.0299. The summed E-state index contributed by atoms with van der Waals surface area (Å²) in [7, 11) is 7.22. The minimum absolute atomic E-state index is 0.0121. The molecule has 538 valence electrons. The predicted octanol–water partition coefficient (Wildman–Crippen LogP) is 13.9. The number of carbonyl (C=O) groups excluding carboxylic acids is 5. The number of esters is 1. The highest BCUT2D eigenvalue weighted by Crippen LogP contribution is 2.48. The Labute approximate surface area is 582 Å². The van der Waals surface area contributed by atoms with E-state index in [-0.39, 0.29) is 67.1 Å². The van der Waals surface area contributed by atoms with Crippen molar-refractivity contribution in [2.45, 2.75) is 132 Å². The number of nitrogens with one attached hydrogen (secondary N) is 1. The summed E-state index contributed by atoms with van der Waals surface area (Å²) in [5.74, 6) is -1.41. The Bertz CT molecular complexity index is 3640. The van der Waals surface area contributed by atoms with E-state index in [1.54, 1.807) is 31.0 Å². The van der Waals surface area contributed by atoms with Crippen LogP contribution >= 0.6 is 0 Å². The highest BCUT2D eigenvalue weighted by molar-refractivity contribution is 5.95. The van der Waals surface area contributed by atoms with Crippen molar-refractivity contribution in [3.05, 3.63) is 196 Å². The third kappa shape index (κ3) is 20.1. The smallest absolute Gasteiger partial charge is 0.416 e. The van der Waals surface area contributed by atoms with Crippen LogP contribution in [0.3, 0.4) is 0 Å². The van der Waals surface area contributed by atoms with E-state index in [1.807, 2.05) is 91.7 Å². The molecular weight excluding hydrogens is 1300 g/mol. The molecule has 0 saturated carbocycles. The number of likely N-dealkylation sites (tertiary alicyclic amines) is 2. The van der Waals surface area contributed by atoms with Crippen molar-refractivity contribution in [3.63, 3.8) is 0 Å². The SMILES string of the molecule is CCC(=O)N(C)CCCN(C)C(=O)c1ccc(NCCCCCCC(=O)N(C)CCN2CCC(OC(=O)Cc3ccccc3-c3ccccc3)CC2)cc1.CO[C@H]1Cc2ccccc2C12CCN(CC[C@@]1(c3ccc(F)cc3)CN(C(=O)c3cc(C(F)(F)F)cc(C(F)(F)F)c3)CO1)CC2. The van der Waals surface area contributed by atoms with Gasteiger partial charge >= 0.3 is 18.3 Å². The standard InChI is InChI=1S/C44H61N5O5.C34H33F7N2O3/c1-5-41(50)46(2)28-15-29-48(4)44(53)36-21-23-38(24-22-36)45-27-14-7-6-11-20-42(51)47(3)32-33-49-30-25-39(26-31-49)54-43(52)34-37-18-12-13-19-40(37)35-16-9-8-10-17-35;1-45-29-18-22-4-2-3-5-28(22)31(29)10-13-42(14-11-31)15-12-32(24-6-8-27(35)9-7-24)20-43(21-46-32)30(44)23-16-25(33(36,37)38)19-26(17-23)34(39,40)41/h8-10,12-13,16-19,21-24,39,45H,5-7,11,14-15,20,25-34H2,1-4H3;2-9,16-17,19,29H,10-15,18,20-21H2,1H3/t;29-,32-/m.0/s1. The van der Waals surface area contributed by atoms with Gasteiger partial charge in [0, 0.05) is 116 Å². The lowest BCUT2D eigenvalue weighted by Crippen LogP contribution is -2.49. The van der Waals surface area contributed by atoms with Gasteiger partial charge in [-0.1, -0.05) is 111 Å². The Morgan fingerprint density at radius 3 is 1.94 bits per heavy atom. The number of piperidine rings is 2. The number of hydrogen-bond acceptors (Lipinski definition) is 11. The number of alkyl halides is 6. The van der Waals surface area contributed by atoms with Gasteiger partial charge in [-0.05, 0) is 159 Å². The summed E-state index contributed by atoms with van der Waals surface area (Å²) in [5.41, 5.74) is 2.82. The molecule has 6 aromatic carbocycles. The summed E-state index contributed by atoms with van der Waals surface area (Å²) in [6.07, 6.45) is 0.395. The van der Waals surface area contributed by atoms with E-state index in [0.29, 0.717) is 68.7 Å². The van der Waals surface area contributed by atoms with Gasteiger partial charge in [-0.3, -0.25) is 24.0 Å². The first-order valence-corrected chi connectivity index (χ1v) is 34.8. The number of halogens is 7. The molecule has 0 bridgehead atoms. The van der Waals surface area contributed by atoms with Gasteiger partial charge in [0.1, 0.15) is 24.3 Å². The van der Waals surface area contributed by atoms with Gasteiger partial charge in [0.2, 0.25) is 11.8 Å². The lowest BCUT2D eigenvalue weighted by Gasteiger charge is -2.44. The first-order chi connectivity index (χ1) is 47.9. The predicted molar refractivity (Wildman–Crippen MR) is 371 cm³/mol. The van der Waals surface area contributed by atoms with Crippen LogP contribution in [0, 0.1) is 5.82 Å². The van der Waals surface area contributed by atoms with E-state index >= 15 is 0 Å². The highest BCUT2D eigenvalue weighted by atomic mass is 19.4. The topological polar surface area (TPSA) is 145 Å². The van der Waals surface area contributed by atoms with Crippen LogP contribution in [0.25, 0.3) is 11.1 Å². The molecule has 4 aliphatic rings. The van der Waals surface area contributed by atoms with E-state index in [0.717, 1.165) is 131 Å². The summed E-state index contributed by atoms with van der Waals surface area (Å²) in [5, 5.41) is 3.43.